The standard InChI is InChI=1S/C10H23N3O/c1-4-6-7-8(3)12-9(5-2)10(11)13-14/h8-9,12,14H,4-7H2,1-3H3,(H2,11,13). The maximum absolute atomic E-state index is 8.55. The molecule has 0 spiro atoms. The van der Waals surface area contributed by atoms with Gasteiger partial charge in [-0.25, -0.2) is 0 Å². The van der Waals surface area contributed by atoms with Gasteiger partial charge in [0, 0.05) is 6.04 Å². The number of hydrogen-bond acceptors (Lipinski definition) is 3. The van der Waals surface area contributed by atoms with Crippen molar-refractivity contribution in [1.82, 2.24) is 5.32 Å². The molecule has 2 unspecified atom stereocenters. The van der Waals surface area contributed by atoms with Crippen LogP contribution >= 0.6 is 0 Å². The Morgan fingerprint density at radius 3 is 2.57 bits per heavy atom. The first kappa shape index (κ1) is 13.2. The molecule has 4 N–H and O–H groups in total. The Kier molecular flexibility index (Phi) is 7.20. The molecule has 0 amide bonds. The first-order valence-electron chi connectivity index (χ1n) is 5.39. The summed E-state index contributed by atoms with van der Waals surface area (Å²) < 4.78 is 0. The molecule has 0 radical (unpaired) electrons. The van der Waals surface area contributed by atoms with Crippen LogP contribution in [-0.2, 0) is 0 Å². The normalized spacial score (nSPS) is 16.6. The summed E-state index contributed by atoms with van der Waals surface area (Å²) >= 11 is 0. The van der Waals surface area contributed by atoms with Crippen molar-refractivity contribution < 1.29 is 5.21 Å². The molecule has 0 aromatic carbocycles. The van der Waals surface area contributed by atoms with Crippen molar-refractivity contribution in [3.63, 3.8) is 0 Å². The maximum Gasteiger partial charge on any atom is 0.156 e. The number of unbranched alkanes of at least 4 members (excludes halogenated alkanes) is 1. The van der Waals surface area contributed by atoms with E-state index in [0.717, 1.165) is 12.8 Å². The van der Waals surface area contributed by atoms with Crippen LogP contribution in [-0.4, -0.2) is 23.1 Å². The fourth-order valence-corrected chi connectivity index (χ4v) is 1.42. The van der Waals surface area contributed by atoms with Crippen LogP contribution in [0, 0.1) is 0 Å². The van der Waals surface area contributed by atoms with Gasteiger partial charge in [-0.15, -0.1) is 0 Å². The molecule has 0 aromatic rings. The maximum atomic E-state index is 8.55. The van der Waals surface area contributed by atoms with Crippen molar-refractivity contribution in [2.45, 2.75) is 58.5 Å². The van der Waals surface area contributed by atoms with Gasteiger partial charge < -0.3 is 16.3 Å². The molecule has 0 aliphatic carbocycles. The summed E-state index contributed by atoms with van der Waals surface area (Å²) in [5.74, 6) is 0.274. The lowest BCUT2D eigenvalue weighted by Crippen LogP contribution is -2.45. The Hall–Kier alpha value is -0.770. The second kappa shape index (κ2) is 7.62. The van der Waals surface area contributed by atoms with Gasteiger partial charge in [0.25, 0.3) is 0 Å². The van der Waals surface area contributed by atoms with E-state index in [-0.39, 0.29) is 11.9 Å². The fraction of sp³-hybridized carbons (Fsp3) is 0.900. The molecule has 2 atom stereocenters. The van der Waals surface area contributed by atoms with E-state index in [1.54, 1.807) is 0 Å². The van der Waals surface area contributed by atoms with Crippen LogP contribution in [0.15, 0.2) is 5.16 Å². The second-order valence-corrected chi connectivity index (χ2v) is 3.70. The third-order valence-electron chi connectivity index (χ3n) is 2.36. The summed E-state index contributed by atoms with van der Waals surface area (Å²) in [5, 5.41) is 14.9. The summed E-state index contributed by atoms with van der Waals surface area (Å²) in [7, 11) is 0. The minimum absolute atomic E-state index is 0.00754. The molecule has 0 aliphatic heterocycles. The van der Waals surface area contributed by atoms with Gasteiger partial charge in [-0.05, 0) is 19.8 Å². The van der Waals surface area contributed by atoms with Crippen molar-refractivity contribution in [1.29, 1.82) is 0 Å². The predicted octanol–water partition coefficient (Wildman–Crippen LogP) is 1.68. The van der Waals surface area contributed by atoms with Crippen molar-refractivity contribution in [2.75, 3.05) is 0 Å². The lowest BCUT2D eigenvalue weighted by Gasteiger charge is -2.20. The van der Waals surface area contributed by atoms with E-state index in [9.17, 15) is 0 Å². The lowest BCUT2D eigenvalue weighted by molar-refractivity contribution is 0.313. The molecule has 4 nitrogen and oxygen atoms in total. The number of nitrogens with one attached hydrogen (secondary N) is 1. The fourth-order valence-electron chi connectivity index (χ4n) is 1.42. The largest absolute Gasteiger partial charge is 0.409 e. The van der Waals surface area contributed by atoms with E-state index < -0.39 is 0 Å². The van der Waals surface area contributed by atoms with Crippen LogP contribution in [0.25, 0.3) is 0 Å². The molecule has 0 saturated carbocycles. The van der Waals surface area contributed by atoms with E-state index in [1.165, 1.54) is 12.8 Å². The summed E-state index contributed by atoms with van der Waals surface area (Å²) in [6.07, 6.45) is 4.38. The van der Waals surface area contributed by atoms with Gasteiger partial charge in [0.2, 0.25) is 0 Å². The van der Waals surface area contributed by atoms with Crippen molar-refractivity contribution >= 4 is 5.84 Å². The van der Waals surface area contributed by atoms with Gasteiger partial charge in [-0.3, -0.25) is 0 Å². The number of nitrogens with two attached hydrogens (primary N) is 1. The highest BCUT2D eigenvalue weighted by Crippen LogP contribution is 2.02. The number of rotatable bonds is 7. The zero-order chi connectivity index (χ0) is 11.0. The average molecular weight is 201 g/mol. The van der Waals surface area contributed by atoms with Crippen molar-refractivity contribution in [3.8, 4) is 0 Å². The highest BCUT2D eigenvalue weighted by molar-refractivity contribution is 5.85. The Bertz CT molecular complexity index is 171. The highest BCUT2D eigenvalue weighted by Gasteiger charge is 2.13. The number of oxime groups is 1. The Morgan fingerprint density at radius 1 is 1.50 bits per heavy atom. The molecular weight excluding hydrogens is 178 g/mol. The third-order valence-corrected chi connectivity index (χ3v) is 2.36. The molecule has 14 heavy (non-hydrogen) atoms. The zero-order valence-electron chi connectivity index (χ0n) is 9.45. The van der Waals surface area contributed by atoms with Gasteiger partial charge in [0.1, 0.15) is 0 Å². The number of nitrogens with zero attached hydrogens (tertiary/aromatic N) is 1. The highest BCUT2D eigenvalue weighted by atomic mass is 16.4. The van der Waals surface area contributed by atoms with Gasteiger partial charge in [0.05, 0.1) is 6.04 Å². The number of amidine groups is 1. The second-order valence-electron chi connectivity index (χ2n) is 3.70. The quantitative estimate of drug-likeness (QED) is 0.254. The zero-order valence-corrected chi connectivity index (χ0v) is 9.45. The van der Waals surface area contributed by atoms with Gasteiger partial charge in [-0.2, -0.15) is 0 Å². The van der Waals surface area contributed by atoms with Gasteiger partial charge >= 0.3 is 0 Å². The average Bonchev–Trinajstić information content (AvgIpc) is 2.21. The minimum Gasteiger partial charge on any atom is -0.409 e. The summed E-state index contributed by atoms with van der Waals surface area (Å²) in [6.45, 7) is 6.32. The van der Waals surface area contributed by atoms with Crippen LogP contribution in [0.5, 0.6) is 0 Å². The smallest absolute Gasteiger partial charge is 0.156 e. The van der Waals surface area contributed by atoms with Gasteiger partial charge in [-0.1, -0.05) is 31.8 Å². The molecular formula is C10H23N3O. The minimum atomic E-state index is -0.00754. The Labute approximate surface area is 86.6 Å². The van der Waals surface area contributed by atoms with E-state index in [4.69, 9.17) is 10.9 Å². The molecule has 0 saturated heterocycles. The van der Waals surface area contributed by atoms with E-state index >= 15 is 0 Å². The van der Waals surface area contributed by atoms with E-state index in [0.29, 0.717) is 6.04 Å². The molecule has 0 aromatic heterocycles. The van der Waals surface area contributed by atoms with E-state index in [1.807, 2.05) is 6.92 Å². The molecule has 0 heterocycles. The Balaban J connectivity index is 3.92. The van der Waals surface area contributed by atoms with Crippen molar-refractivity contribution in [2.24, 2.45) is 10.9 Å². The van der Waals surface area contributed by atoms with Crippen LogP contribution in [0.1, 0.15) is 46.5 Å². The lowest BCUT2D eigenvalue weighted by atomic mass is 10.1. The van der Waals surface area contributed by atoms with Crippen LogP contribution < -0.4 is 11.1 Å². The van der Waals surface area contributed by atoms with Crippen molar-refractivity contribution in [3.05, 3.63) is 0 Å². The first-order chi connectivity index (χ1) is 6.65. The van der Waals surface area contributed by atoms with Crippen LogP contribution in [0.4, 0.5) is 0 Å². The third kappa shape index (κ3) is 5.07. The monoisotopic (exact) mass is 201 g/mol. The first-order valence-corrected chi connectivity index (χ1v) is 5.39. The summed E-state index contributed by atoms with van der Waals surface area (Å²) in [6, 6.07) is 0.409. The number of hydrogen-bond donors (Lipinski definition) is 3. The molecule has 0 fully saturated rings. The summed E-state index contributed by atoms with van der Waals surface area (Å²) in [4.78, 5) is 0. The van der Waals surface area contributed by atoms with E-state index in [2.05, 4.69) is 24.3 Å². The SMILES string of the molecule is CCCCC(C)NC(CC)C(N)=NO. The molecule has 84 valence electrons. The molecule has 0 rings (SSSR count). The summed E-state index contributed by atoms with van der Waals surface area (Å²) in [5.41, 5.74) is 5.54. The van der Waals surface area contributed by atoms with Gasteiger partial charge in [0.15, 0.2) is 5.84 Å². The predicted molar refractivity (Wildman–Crippen MR) is 59.6 cm³/mol. The van der Waals surface area contributed by atoms with Crippen LogP contribution in [0.3, 0.4) is 0 Å². The molecule has 0 bridgehead atoms. The van der Waals surface area contributed by atoms with Crippen LogP contribution in [0.2, 0.25) is 0 Å². The molecule has 4 heteroatoms. The topological polar surface area (TPSA) is 70.6 Å². The molecule has 0 aliphatic rings. The Morgan fingerprint density at radius 2 is 2.14 bits per heavy atom.